The predicted octanol–water partition coefficient (Wildman–Crippen LogP) is -0.274. The molecule has 21 heteroatoms. The van der Waals surface area contributed by atoms with Crippen LogP contribution in [-0.4, -0.2) is 128 Å². The van der Waals surface area contributed by atoms with Crippen LogP contribution in [-0.2, 0) is 52.8 Å². The number of carboxylic acid groups (broad SMARTS) is 1. The molecule has 1 aliphatic rings. The molecule has 0 bridgehead atoms. The summed E-state index contributed by atoms with van der Waals surface area (Å²) >= 11 is 0. The predicted molar refractivity (Wildman–Crippen MR) is 248 cm³/mol. The minimum absolute atomic E-state index is 0.0212. The molecule has 67 heavy (non-hydrogen) atoms. The van der Waals surface area contributed by atoms with E-state index in [1.807, 2.05) is 6.92 Å². The Labute approximate surface area is 389 Å². The SMILES string of the molecule is CC[C@H](C)[C@H](NC(=O)[C@H](Cc1ccc(O)cc1)NC(=O)[C@@H](NC(=O)[C@H](N)CCCN=C(N)N)C(C)C)C(=O)N[C@@H](Cc1cnc[nH]1)C(=O)N1CCC[C@H]1C(=O)N[C@@H](Cc1ccccc1)C(=O)O. The first-order valence-corrected chi connectivity index (χ1v) is 22.5. The molecule has 4 rings (SSSR count). The average Bonchev–Trinajstić information content (AvgIpc) is 4.01. The number of phenolic OH excluding ortho intramolecular Hbond substituents is 1. The van der Waals surface area contributed by atoms with Crippen molar-refractivity contribution in [3.63, 3.8) is 0 Å². The third-order valence-electron chi connectivity index (χ3n) is 11.7. The molecule has 14 N–H and O–H groups in total. The molecule has 21 nitrogen and oxygen atoms in total. The number of guanidine groups is 1. The summed E-state index contributed by atoms with van der Waals surface area (Å²) in [6.07, 6.45) is 4.52. The number of hydrogen-bond donors (Lipinski definition) is 11. The van der Waals surface area contributed by atoms with Crippen LogP contribution >= 0.6 is 0 Å². The number of aromatic amines is 1. The number of aromatic hydroxyl groups is 1. The molecular formula is C46H66N12O9. The van der Waals surface area contributed by atoms with Crippen molar-refractivity contribution in [2.24, 2.45) is 34.0 Å². The first-order chi connectivity index (χ1) is 31.9. The summed E-state index contributed by atoms with van der Waals surface area (Å²) in [5.74, 6) is -6.30. The Bertz CT molecular complexity index is 2150. The van der Waals surface area contributed by atoms with Crippen molar-refractivity contribution in [1.82, 2.24) is 41.5 Å². The number of carboxylic acids is 1. The Hall–Kier alpha value is -7.03. The Balaban J connectivity index is 1.55. The molecule has 0 saturated carbocycles. The summed E-state index contributed by atoms with van der Waals surface area (Å²) in [5.41, 5.74) is 18.6. The minimum atomic E-state index is -1.30. The molecule has 6 amide bonds. The zero-order valence-corrected chi connectivity index (χ0v) is 38.4. The molecule has 1 aliphatic heterocycles. The fourth-order valence-electron chi connectivity index (χ4n) is 7.64. The number of rotatable bonds is 25. The molecule has 8 atom stereocenters. The summed E-state index contributed by atoms with van der Waals surface area (Å²) in [4.78, 5) is 109. The Morgan fingerprint density at radius 2 is 1.43 bits per heavy atom. The molecule has 1 saturated heterocycles. The number of carbonyl (C=O) groups is 7. The van der Waals surface area contributed by atoms with Crippen molar-refractivity contribution in [3.05, 3.63) is 83.9 Å². The van der Waals surface area contributed by atoms with E-state index in [-0.39, 0.29) is 56.9 Å². The van der Waals surface area contributed by atoms with E-state index in [0.29, 0.717) is 36.1 Å². The number of amides is 6. The van der Waals surface area contributed by atoms with Gasteiger partial charge in [-0.1, -0.05) is 76.6 Å². The Kier molecular flexibility index (Phi) is 20.1. The highest BCUT2D eigenvalue weighted by molar-refractivity contribution is 5.97. The third kappa shape index (κ3) is 16.1. The zero-order valence-electron chi connectivity index (χ0n) is 38.4. The molecule has 2 heterocycles. The maximum Gasteiger partial charge on any atom is 0.326 e. The highest BCUT2D eigenvalue weighted by Crippen LogP contribution is 2.21. The highest BCUT2D eigenvalue weighted by Gasteiger charge is 2.41. The van der Waals surface area contributed by atoms with Gasteiger partial charge in [-0.3, -0.25) is 33.8 Å². The topological polar surface area (TPSA) is 342 Å². The van der Waals surface area contributed by atoms with Crippen LogP contribution in [0.2, 0.25) is 0 Å². The number of carbonyl (C=O) groups excluding carboxylic acids is 6. The maximum absolute atomic E-state index is 14.5. The van der Waals surface area contributed by atoms with E-state index in [4.69, 9.17) is 17.2 Å². The Morgan fingerprint density at radius 3 is 2.04 bits per heavy atom. The molecule has 364 valence electrons. The summed E-state index contributed by atoms with van der Waals surface area (Å²) in [6.45, 7) is 7.40. The molecule has 0 aliphatic carbocycles. The smallest absolute Gasteiger partial charge is 0.326 e. The van der Waals surface area contributed by atoms with Crippen LogP contribution in [0.3, 0.4) is 0 Å². The molecular weight excluding hydrogens is 865 g/mol. The van der Waals surface area contributed by atoms with Crippen LogP contribution in [0.4, 0.5) is 0 Å². The van der Waals surface area contributed by atoms with Crippen LogP contribution in [0.15, 0.2) is 72.1 Å². The number of H-pyrrole nitrogens is 1. The number of imidazole rings is 1. The summed E-state index contributed by atoms with van der Waals surface area (Å²) in [5, 5.41) is 33.6. The lowest BCUT2D eigenvalue weighted by Gasteiger charge is -2.32. The number of aliphatic carboxylic acids is 1. The van der Waals surface area contributed by atoms with E-state index in [1.165, 1.54) is 29.6 Å². The second-order valence-electron chi connectivity index (χ2n) is 17.2. The number of likely N-dealkylation sites (tertiary alicyclic amines) is 1. The largest absolute Gasteiger partial charge is 0.508 e. The van der Waals surface area contributed by atoms with Crippen molar-refractivity contribution in [2.45, 2.75) is 121 Å². The second-order valence-corrected chi connectivity index (χ2v) is 17.2. The minimum Gasteiger partial charge on any atom is -0.508 e. The number of phenols is 1. The molecule has 2 aromatic carbocycles. The van der Waals surface area contributed by atoms with Gasteiger partial charge in [0.1, 0.15) is 42.0 Å². The number of nitrogens with two attached hydrogens (primary N) is 3. The van der Waals surface area contributed by atoms with Gasteiger partial charge in [0.05, 0.1) is 12.4 Å². The average molecular weight is 931 g/mol. The number of benzene rings is 2. The normalized spacial score (nSPS) is 16.6. The van der Waals surface area contributed by atoms with Crippen molar-refractivity contribution in [2.75, 3.05) is 13.1 Å². The number of aromatic nitrogens is 2. The van der Waals surface area contributed by atoms with Crippen LogP contribution < -0.4 is 43.8 Å². The summed E-state index contributed by atoms with van der Waals surface area (Å²) < 4.78 is 0. The fraction of sp³-hybridized carbons (Fsp3) is 0.500. The lowest BCUT2D eigenvalue weighted by Crippen LogP contribution is -2.61. The van der Waals surface area contributed by atoms with Gasteiger partial charge in [-0.25, -0.2) is 9.78 Å². The van der Waals surface area contributed by atoms with Gasteiger partial charge in [0.25, 0.3) is 0 Å². The molecule has 0 radical (unpaired) electrons. The summed E-state index contributed by atoms with van der Waals surface area (Å²) in [7, 11) is 0. The van der Waals surface area contributed by atoms with E-state index in [2.05, 4.69) is 41.5 Å². The lowest BCUT2D eigenvalue weighted by molar-refractivity contribution is -0.145. The van der Waals surface area contributed by atoms with Gasteiger partial charge >= 0.3 is 5.97 Å². The fourth-order valence-corrected chi connectivity index (χ4v) is 7.64. The van der Waals surface area contributed by atoms with Gasteiger partial charge in [0.15, 0.2) is 5.96 Å². The van der Waals surface area contributed by atoms with Gasteiger partial charge in [0, 0.05) is 44.2 Å². The molecule has 0 unspecified atom stereocenters. The summed E-state index contributed by atoms with van der Waals surface area (Å²) in [6, 6.07) is 6.64. The van der Waals surface area contributed by atoms with Gasteiger partial charge in [-0.05, 0) is 60.8 Å². The van der Waals surface area contributed by atoms with Crippen LogP contribution in [0, 0.1) is 11.8 Å². The molecule has 3 aromatic rings. The third-order valence-corrected chi connectivity index (χ3v) is 11.7. The first-order valence-electron chi connectivity index (χ1n) is 22.5. The van der Waals surface area contributed by atoms with E-state index >= 15 is 0 Å². The van der Waals surface area contributed by atoms with E-state index in [9.17, 15) is 43.8 Å². The van der Waals surface area contributed by atoms with Crippen molar-refractivity contribution >= 4 is 47.4 Å². The first kappa shape index (κ1) is 52.6. The highest BCUT2D eigenvalue weighted by atomic mass is 16.4. The Morgan fingerprint density at radius 1 is 0.806 bits per heavy atom. The van der Waals surface area contributed by atoms with E-state index in [0.717, 1.165) is 0 Å². The molecule has 1 fully saturated rings. The van der Waals surface area contributed by atoms with Gasteiger partial charge in [-0.2, -0.15) is 0 Å². The van der Waals surface area contributed by atoms with Crippen LogP contribution in [0.1, 0.15) is 76.6 Å². The van der Waals surface area contributed by atoms with Crippen molar-refractivity contribution in [3.8, 4) is 5.75 Å². The van der Waals surface area contributed by atoms with Gasteiger partial charge < -0.3 is 63.9 Å². The standard InChI is InChI=1S/C46H66N12O9/c1-5-27(4)38(57-40(61)33(21-29-15-17-31(59)18-16-29)53-42(63)37(26(2)3)56-39(60)32(47)13-9-19-51-46(48)49)43(64)54-34(23-30-24-50-25-52-30)44(65)58-20-10-14-36(58)41(62)55-35(45(66)67)22-28-11-7-6-8-12-28/h6-8,11-12,15-18,24-27,32-38,59H,5,9-10,13-14,19-23,47H2,1-4H3,(H,50,52)(H,53,63)(H,54,64)(H,55,62)(H,56,60)(H,57,61)(H,66,67)(H4,48,49,51)/t27-,32+,33-,34-,35-,36-,37-,38-/m0/s1. The lowest BCUT2D eigenvalue weighted by atomic mass is 9.96. The van der Waals surface area contributed by atoms with E-state index < -0.39 is 95.5 Å². The molecule has 0 spiro atoms. The van der Waals surface area contributed by atoms with Crippen molar-refractivity contribution in [1.29, 1.82) is 0 Å². The molecule has 1 aromatic heterocycles. The van der Waals surface area contributed by atoms with Gasteiger partial charge in [-0.15, -0.1) is 0 Å². The quantitative estimate of drug-likeness (QED) is 0.0297. The van der Waals surface area contributed by atoms with Gasteiger partial charge in [0.2, 0.25) is 35.4 Å². The number of nitrogens with one attached hydrogen (secondary N) is 6. The zero-order chi connectivity index (χ0) is 49.2. The monoisotopic (exact) mass is 931 g/mol. The maximum atomic E-state index is 14.5. The number of aliphatic imine (C=N–C) groups is 1. The van der Waals surface area contributed by atoms with E-state index in [1.54, 1.807) is 63.2 Å². The number of nitrogens with zero attached hydrogens (tertiary/aromatic N) is 3. The van der Waals surface area contributed by atoms with Crippen LogP contribution in [0.25, 0.3) is 0 Å². The van der Waals surface area contributed by atoms with Crippen molar-refractivity contribution < 1.29 is 43.8 Å². The van der Waals surface area contributed by atoms with Crippen LogP contribution in [0.5, 0.6) is 5.75 Å². The second kappa shape index (κ2) is 25.6. The number of hydrogen-bond acceptors (Lipinski definition) is 11.